The maximum Gasteiger partial charge on any atom is 0.239 e. The van der Waals surface area contributed by atoms with Crippen LogP contribution in [0.15, 0.2) is 0 Å². The average molecular weight is 242 g/mol. The summed E-state index contributed by atoms with van der Waals surface area (Å²) in [5, 5.41) is 12.5. The van der Waals surface area contributed by atoms with Crippen LogP contribution in [0.1, 0.15) is 46.0 Å². The zero-order chi connectivity index (χ0) is 12.7. The van der Waals surface area contributed by atoms with Gasteiger partial charge in [-0.25, -0.2) is 0 Å². The summed E-state index contributed by atoms with van der Waals surface area (Å²) in [4.78, 5) is 14.1. The first-order valence-corrected chi connectivity index (χ1v) is 6.85. The van der Waals surface area contributed by atoms with Crippen LogP contribution in [0.25, 0.3) is 0 Å². The number of nitrogens with one attached hydrogen (secondary N) is 1. The fraction of sp³-hybridized carbons (Fsp3) is 0.923. The highest BCUT2D eigenvalue weighted by molar-refractivity contribution is 5.82. The van der Waals surface area contributed by atoms with Gasteiger partial charge in [-0.2, -0.15) is 0 Å². The van der Waals surface area contributed by atoms with Crippen LogP contribution in [-0.4, -0.2) is 47.7 Å². The molecule has 0 bridgehead atoms. The highest BCUT2D eigenvalue weighted by Gasteiger charge is 2.27. The van der Waals surface area contributed by atoms with E-state index in [4.69, 9.17) is 0 Å². The topological polar surface area (TPSA) is 52.6 Å². The van der Waals surface area contributed by atoms with Crippen LogP contribution in [0.4, 0.5) is 0 Å². The molecule has 100 valence electrons. The summed E-state index contributed by atoms with van der Waals surface area (Å²) in [6, 6.07) is 0.0234. The number of carbonyl (C=O) groups excluding carboxylic acids is 1. The van der Waals surface area contributed by atoms with Crippen LogP contribution < -0.4 is 5.32 Å². The summed E-state index contributed by atoms with van der Waals surface area (Å²) in [6.07, 6.45) is 4.52. The molecule has 0 aromatic carbocycles. The van der Waals surface area contributed by atoms with E-state index in [1.165, 1.54) is 0 Å². The molecule has 1 saturated heterocycles. The highest BCUT2D eigenvalue weighted by atomic mass is 16.3. The molecule has 4 heteroatoms. The zero-order valence-electron chi connectivity index (χ0n) is 11.1. The second-order valence-electron chi connectivity index (χ2n) is 4.97. The molecule has 1 rings (SSSR count). The Labute approximate surface area is 104 Å². The maximum absolute atomic E-state index is 12.1. The van der Waals surface area contributed by atoms with Crippen molar-refractivity contribution in [3.63, 3.8) is 0 Å². The summed E-state index contributed by atoms with van der Waals surface area (Å²) >= 11 is 0. The molecule has 17 heavy (non-hydrogen) atoms. The van der Waals surface area contributed by atoms with E-state index in [0.29, 0.717) is 0 Å². The van der Waals surface area contributed by atoms with Crippen LogP contribution in [0, 0.1) is 0 Å². The standard InChI is InChI=1S/C13H26N2O2/c1-3-8-14-12-7-5-10-15(13(12)17)9-4-6-11(2)16/h11-12,14,16H,3-10H2,1-2H3. The first-order chi connectivity index (χ1) is 8.15. The largest absolute Gasteiger partial charge is 0.393 e. The Morgan fingerprint density at radius 1 is 1.59 bits per heavy atom. The molecule has 0 aromatic heterocycles. The van der Waals surface area contributed by atoms with Gasteiger partial charge in [-0.15, -0.1) is 0 Å². The van der Waals surface area contributed by atoms with E-state index < -0.39 is 0 Å². The number of aliphatic hydroxyl groups is 1. The Bertz CT molecular complexity index is 231. The van der Waals surface area contributed by atoms with Gasteiger partial charge >= 0.3 is 0 Å². The smallest absolute Gasteiger partial charge is 0.239 e. The molecule has 0 aliphatic carbocycles. The van der Waals surface area contributed by atoms with E-state index in [1.54, 1.807) is 6.92 Å². The fourth-order valence-electron chi connectivity index (χ4n) is 2.25. The van der Waals surface area contributed by atoms with E-state index in [1.807, 2.05) is 4.90 Å². The van der Waals surface area contributed by atoms with Gasteiger partial charge in [-0.05, 0) is 45.6 Å². The third-order valence-corrected chi connectivity index (χ3v) is 3.22. The normalized spacial score (nSPS) is 22.9. The zero-order valence-corrected chi connectivity index (χ0v) is 11.1. The summed E-state index contributed by atoms with van der Waals surface area (Å²) in [5.41, 5.74) is 0. The van der Waals surface area contributed by atoms with Crippen LogP contribution in [0.5, 0.6) is 0 Å². The van der Waals surface area contributed by atoms with Crippen molar-refractivity contribution in [2.24, 2.45) is 0 Å². The van der Waals surface area contributed by atoms with Crippen molar-refractivity contribution in [3.05, 3.63) is 0 Å². The predicted octanol–water partition coefficient (Wildman–Crippen LogP) is 1.14. The molecule has 1 fully saturated rings. The van der Waals surface area contributed by atoms with Crippen LogP contribution in [0.2, 0.25) is 0 Å². The second kappa shape index (κ2) is 7.67. The third kappa shape index (κ3) is 5.04. The lowest BCUT2D eigenvalue weighted by Crippen LogP contribution is -2.51. The van der Waals surface area contributed by atoms with Gasteiger partial charge in [0.1, 0.15) is 0 Å². The van der Waals surface area contributed by atoms with E-state index in [2.05, 4.69) is 12.2 Å². The van der Waals surface area contributed by atoms with Crippen molar-refractivity contribution in [2.75, 3.05) is 19.6 Å². The minimum atomic E-state index is -0.260. The van der Waals surface area contributed by atoms with Crippen LogP contribution in [-0.2, 0) is 4.79 Å². The van der Waals surface area contributed by atoms with Crippen molar-refractivity contribution < 1.29 is 9.90 Å². The Kier molecular flexibility index (Phi) is 6.52. The van der Waals surface area contributed by atoms with Crippen molar-refractivity contribution in [1.82, 2.24) is 10.2 Å². The third-order valence-electron chi connectivity index (χ3n) is 3.22. The number of likely N-dealkylation sites (tertiary alicyclic amines) is 1. The van der Waals surface area contributed by atoms with Crippen molar-refractivity contribution in [2.45, 2.75) is 58.1 Å². The molecule has 0 spiro atoms. The molecule has 0 saturated carbocycles. The highest BCUT2D eigenvalue weighted by Crippen LogP contribution is 2.13. The number of hydrogen-bond acceptors (Lipinski definition) is 3. The van der Waals surface area contributed by atoms with Crippen LogP contribution >= 0.6 is 0 Å². The second-order valence-corrected chi connectivity index (χ2v) is 4.97. The Hall–Kier alpha value is -0.610. The summed E-state index contributed by atoms with van der Waals surface area (Å²) in [7, 11) is 0. The van der Waals surface area contributed by atoms with E-state index in [0.717, 1.165) is 51.7 Å². The lowest BCUT2D eigenvalue weighted by Gasteiger charge is -2.33. The van der Waals surface area contributed by atoms with Crippen molar-refractivity contribution in [3.8, 4) is 0 Å². The molecular weight excluding hydrogens is 216 g/mol. The minimum absolute atomic E-state index is 0.0234. The number of rotatable bonds is 7. The van der Waals surface area contributed by atoms with Gasteiger partial charge in [0.15, 0.2) is 0 Å². The molecule has 2 atom stereocenters. The van der Waals surface area contributed by atoms with Gasteiger partial charge in [0, 0.05) is 13.1 Å². The van der Waals surface area contributed by atoms with E-state index >= 15 is 0 Å². The molecule has 1 aliphatic heterocycles. The monoisotopic (exact) mass is 242 g/mol. The van der Waals surface area contributed by atoms with Crippen molar-refractivity contribution in [1.29, 1.82) is 0 Å². The summed E-state index contributed by atoms with van der Waals surface area (Å²) in [5.74, 6) is 0.246. The number of aliphatic hydroxyl groups excluding tert-OH is 1. The van der Waals surface area contributed by atoms with Gasteiger partial charge in [-0.3, -0.25) is 4.79 Å². The predicted molar refractivity (Wildman–Crippen MR) is 68.8 cm³/mol. The Balaban J connectivity index is 2.31. The molecule has 2 N–H and O–H groups in total. The average Bonchev–Trinajstić information content (AvgIpc) is 2.29. The molecule has 0 radical (unpaired) electrons. The SMILES string of the molecule is CCCNC1CCCN(CCCC(C)O)C1=O. The number of amides is 1. The van der Waals surface area contributed by atoms with Crippen molar-refractivity contribution >= 4 is 5.91 Å². The van der Waals surface area contributed by atoms with Gasteiger partial charge in [0.05, 0.1) is 12.1 Å². The van der Waals surface area contributed by atoms with Gasteiger partial charge in [-0.1, -0.05) is 6.92 Å². The molecule has 4 nitrogen and oxygen atoms in total. The van der Waals surface area contributed by atoms with E-state index in [-0.39, 0.29) is 18.1 Å². The van der Waals surface area contributed by atoms with Crippen LogP contribution in [0.3, 0.4) is 0 Å². The van der Waals surface area contributed by atoms with Gasteiger partial charge < -0.3 is 15.3 Å². The van der Waals surface area contributed by atoms with Gasteiger partial charge in [0.2, 0.25) is 5.91 Å². The molecule has 1 aliphatic rings. The Morgan fingerprint density at radius 2 is 2.35 bits per heavy atom. The number of nitrogens with zero attached hydrogens (tertiary/aromatic N) is 1. The molecular formula is C13H26N2O2. The maximum atomic E-state index is 12.1. The first-order valence-electron chi connectivity index (χ1n) is 6.85. The lowest BCUT2D eigenvalue weighted by atomic mass is 10.0. The number of carbonyl (C=O) groups is 1. The molecule has 2 unspecified atom stereocenters. The molecule has 0 aromatic rings. The quantitative estimate of drug-likeness (QED) is 0.704. The number of piperidine rings is 1. The number of hydrogen-bond donors (Lipinski definition) is 2. The lowest BCUT2D eigenvalue weighted by molar-refractivity contribution is -0.136. The molecule has 1 amide bonds. The fourth-order valence-corrected chi connectivity index (χ4v) is 2.25. The van der Waals surface area contributed by atoms with E-state index in [9.17, 15) is 9.90 Å². The first kappa shape index (κ1) is 14.5. The van der Waals surface area contributed by atoms with Gasteiger partial charge in [0.25, 0.3) is 0 Å². The summed E-state index contributed by atoms with van der Waals surface area (Å²) < 4.78 is 0. The minimum Gasteiger partial charge on any atom is -0.393 e. The Morgan fingerprint density at radius 3 is 3.00 bits per heavy atom. The summed E-state index contributed by atoms with van der Waals surface area (Å²) in [6.45, 7) is 6.49. The molecule has 1 heterocycles.